The van der Waals surface area contributed by atoms with E-state index in [4.69, 9.17) is 9.15 Å². The van der Waals surface area contributed by atoms with Gasteiger partial charge >= 0.3 is 5.97 Å². The van der Waals surface area contributed by atoms with Gasteiger partial charge < -0.3 is 14.5 Å². The van der Waals surface area contributed by atoms with Gasteiger partial charge in [-0.1, -0.05) is 13.8 Å². The maximum absolute atomic E-state index is 12.2. The van der Waals surface area contributed by atoms with Crippen LogP contribution in [0.3, 0.4) is 0 Å². The summed E-state index contributed by atoms with van der Waals surface area (Å²) < 4.78 is 10.5. The second-order valence-electron chi connectivity index (χ2n) is 5.11. The van der Waals surface area contributed by atoms with Gasteiger partial charge in [0, 0.05) is 0 Å². The standard InChI is InChI=1S/C15H16BrNO4S/c1-8(2)6-9-7-22-14(12(9)15(19)20-3)17-13(18)10-4-5-11(16)21-10/h4-5,7-8H,6H2,1-3H3,(H,17,18). The number of esters is 1. The quantitative estimate of drug-likeness (QED) is 0.777. The van der Waals surface area contributed by atoms with Gasteiger partial charge in [0.15, 0.2) is 10.4 Å². The number of hydrogen-bond acceptors (Lipinski definition) is 5. The van der Waals surface area contributed by atoms with Crippen molar-refractivity contribution in [2.75, 3.05) is 12.4 Å². The predicted molar refractivity (Wildman–Crippen MR) is 88.6 cm³/mol. The lowest BCUT2D eigenvalue weighted by Crippen LogP contribution is -2.14. The second-order valence-corrected chi connectivity index (χ2v) is 6.77. The van der Waals surface area contributed by atoms with Crippen molar-refractivity contribution < 1.29 is 18.7 Å². The normalized spacial score (nSPS) is 10.8. The highest BCUT2D eigenvalue weighted by molar-refractivity contribution is 9.10. The maximum Gasteiger partial charge on any atom is 0.341 e. The van der Waals surface area contributed by atoms with Crippen LogP contribution in [0.2, 0.25) is 0 Å². The van der Waals surface area contributed by atoms with Crippen LogP contribution in [-0.2, 0) is 11.2 Å². The molecule has 1 amide bonds. The van der Waals surface area contributed by atoms with Crippen LogP contribution in [0, 0.1) is 5.92 Å². The number of carbonyl (C=O) groups is 2. The monoisotopic (exact) mass is 385 g/mol. The number of halogens is 1. The van der Waals surface area contributed by atoms with Gasteiger partial charge in [0.25, 0.3) is 5.91 Å². The number of anilines is 1. The second kappa shape index (κ2) is 7.11. The molecule has 0 spiro atoms. The van der Waals surface area contributed by atoms with Crippen molar-refractivity contribution in [1.82, 2.24) is 0 Å². The summed E-state index contributed by atoms with van der Waals surface area (Å²) in [5.41, 5.74) is 1.29. The Morgan fingerprint density at radius 2 is 2.14 bits per heavy atom. The highest BCUT2D eigenvalue weighted by Gasteiger charge is 2.22. The molecule has 2 rings (SSSR count). The molecule has 118 valence electrons. The summed E-state index contributed by atoms with van der Waals surface area (Å²) in [6.45, 7) is 4.13. The zero-order valence-corrected chi connectivity index (χ0v) is 14.8. The molecular formula is C15H16BrNO4S. The van der Waals surface area contributed by atoms with Gasteiger partial charge in [0.05, 0.1) is 12.7 Å². The summed E-state index contributed by atoms with van der Waals surface area (Å²) in [6.07, 6.45) is 0.739. The van der Waals surface area contributed by atoms with E-state index in [2.05, 4.69) is 35.1 Å². The molecule has 0 unspecified atom stereocenters. The lowest BCUT2D eigenvalue weighted by Gasteiger charge is -2.08. The van der Waals surface area contributed by atoms with Gasteiger partial charge in [-0.05, 0) is 51.3 Å². The summed E-state index contributed by atoms with van der Waals surface area (Å²) in [7, 11) is 1.33. The van der Waals surface area contributed by atoms with Crippen molar-refractivity contribution in [1.29, 1.82) is 0 Å². The van der Waals surface area contributed by atoms with E-state index in [-0.39, 0.29) is 5.76 Å². The summed E-state index contributed by atoms with van der Waals surface area (Å²) in [6, 6.07) is 3.19. The zero-order valence-electron chi connectivity index (χ0n) is 12.4. The van der Waals surface area contributed by atoms with E-state index in [1.807, 2.05) is 5.38 Å². The Morgan fingerprint density at radius 3 is 2.68 bits per heavy atom. The van der Waals surface area contributed by atoms with Crippen molar-refractivity contribution in [3.63, 3.8) is 0 Å². The van der Waals surface area contributed by atoms with Crippen molar-refractivity contribution in [3.05, 3.63) is 39.1 Å². The molecule has 2 aromatic heterocycles. The van der Waals surface area contributed by atoms with Crippen LogP contribution in [0.15, 0.2) is 26.6 Å². The molecule has 0 bridgehead atoms. The van der Waals surface area contributed by atoms with Crippen molar-refractivity contribution >= 4 is 44.1 Å². The van der Waals surface area contributed by atoms with Crippen LogP contribution >= 0.6 is 27.3 Å². The first-order chi connectivity index (χ1) is 10.4. The van der Waals surface area contributed by atoms with Crippen molar-refractivity contribution in [3.8, 4) is 0 Å². The molecule has 2 aromatic rings. The first kappa shape index (κ1) is 16.8. The molecule has 0 saturated heterocycles. The molecule has 0 aliphatic heterocycles. The number of nitrogens with one attached hydrogen (secondary N) is 1. The molecule has 5 nitrogen and oxygen atoms in total. The summed E-state index contributed by atoms with van der Waals surface area (Å²) in [5.74, 6) is -0.300. The summed E-state index contributed by atoms with van der Waals surface area (Å²) in [5, 5.41) is 5.06. The van der Waals surface area contributed by atoms with E-state index in [1.165, 1.54) is 18.4 Å². The first-order valence-electron chi connectivity index (χ1n) is 6.67. The average molecular weight is 386 g/mol. The van der Waals surface area contributed by atoms with E-state index in [0.29, 0.717) is 21.2 Å². The van der Waals surface area contributed by atoms with Crippen LogP contribution in [0.5, 0.6) is 0 Å². The summed E-state index contributed by atoms with van der Waals surface area (Å²) >= 11 is 4.45. The van der Waals surface area contributed by atoms with Crippen LogP contribution in [-0.4, -0.2) is 19.0 Å². The van der Waals surface area contributed by atoms with Crippen LogP contribution in [0.25, 0.3) is 0 Å². The molecule has 1 N–H and O–H groups in total. The fraction of sp³-hybridized carbons (Fsp3) is 0.333. The van der Waals surface area contributed by atoms with Crippen LogP contribution < -0.4 is 5.32 Å². The topological polar surface area (TPSA) is 68.5 Å². The molecule has 0 aliphatic carbocycles. The molecular weight excluding hydrogens is 370 g/mol. The minimum Gasteiger partial charge on any atom is -0.465 e. The predicted octanol–water partition coefficient (Wildman–Crippen LogP) is 4.34. The largest absolute Gasteiger partial charge is 0.465 e. The van der Waals surface area contributed by atoms with E-state index in [1.54, 1.807) is 12.1 Å². The third kappa shape index (κ3) is 3.78. The molecule has 22 heavy (non-hydrogen) atoms. The smallest absolute Gasteiger partial charge is 0.341 e. The average Bonchev–Trinajstić information content (AvgIpc) is 3.04. The van der Waals surface area contributed by atoms with E-state index in [0.717, 1.165) is 12.0 Å². The van der Waals surface area contributed by atoms with Gasteiger partial charge in [0.2, 0.25) is 0 Å². The Bertz CT molecular complexity index is 690. The number of thiophene rings is 1. The molecule has 0 aliphatic rings. The van der Waals surface area contributed by atoms with Crippen molar-refractivity contribution in [2.45, 2.75) is 20.3 Å². The van der Waals surface area contributed by atoms with Gasteiger partial charge in [-0.25, -0.2) is 4.79 Å². The highest BCUT2D eigenvalue weighted by Crippen LogP contribution is 2.31. The number of ether oxygens (including phenoxy) is 1. The molecule has 0 saturated carbocycles. The zero-order chi connectivity index (χ0) is 16.3. The highest BCUT2D eigenvalue weighted by atomic mass is 79.9. The maximum atomic E-state index is 12.2. The van der Waals surface area contributed by atoms with Crippen molar-refractivity contribution in [2.24, 2.45) is 5.92 Å². The Labute approximate surface area is 140 Å². The Balaban J connectivity index is 2.28. The fourth-order valence-corrected chi connectivity index (χ4v) is 3.27. The third-order valence-electron chi connectivity index (χ3n) is 2.91. The molecule has 0 radical (unpaired) electrons. The lowest BCUT2D eigenvalue weighted by molar-refractivity contribution is 0.0601. The number of furan rings is 1. The molecule has 2 heterocycles. The number of hydrogen-bond donors (Lipinski definition) is 1. The molecule has 0 atom stereocenters. The summed E-state index contributed by atoms with van der Waals surface area (Å²) in [4.78, 5) is 24.2. The number of amides is 1. The van der Waals surface area contributed by atoms with Gasteiger partial charge in [-0.15, -0.1) is 11.3 Å². The minimum atomic E-state index is -0.451. The van der Waals surface area contributed by atoms with Gasteiger partial charge in [-0.2, -0.15) is 0 Å². The molecule has 0 fully saturated rings. The number of methoxy groups -OCH3 is 1. The van der Waals surface area contributed by atoms with Gasteiger partial charge in [-0.3, -0.25) is 4.79 Å². The molecule has 0 aromatic carbocycles. The van der Waals surface area contributed by atoms with Crippen LogP contribution in [0.1, 0.15) is 40.3 Å². The third-order valence-corrected chi connectivity index (χ3v) is 4.28. The van der Waals surface area contributed by atoms with E-state index < -0.39 is 11.9 Å². The Morgan fingerprint density at radius 1 is 1.41 bits per heavy atom. The number of carbonyl (C=O) groups excluding carboxylic acids is 2. The van der Waals surface area contributed by atoms with Crippen LogP contribution in [0.4, 0.5) is 5.00 Å². The van der Waals surface area contributed by atoms with E-state index in [9.17, 15) is 9.59 Å². The lowest BCUT2D eigenvalue weighted by atomic mass is 10.0. The first-order valence-corrected chi connectivity index (χ1v) is 8.35. The number of rotatable bonds is 5. The van der Waals surface area contributed by atoms with E-state index >= 15 is 0 Å². The fourth-order valence-electron chi connectivity index (χ4n) is 2.00. The Hall–Kier alpha value is -1.60. The SMILES string of the molecule is COC(=O)c1c(CC(C)C)csc1NC(=O)c1ccc(Br)o1. The van der Waals surface area contributed by atoms with Gasteiger partial charge in [0.1, 0.15) is 5.00 Å². The minimum absolute atomic E-state index is 0.168. The molecule has 7 heteroatoms. The Kier molecular flexibility index (Phi) is 5.42.